The summed E-state index contributed by atoms with van der Waals surface area (Å²) in [6.07, 6.45) is 2.92. The first kappa shape index (κ1) is 31.2. The van der Waals surface area contributed by atoms with E-state index in [1.165, 1.54) is 28.2 Å². The molecule has 0 saturated heterocycles. The number of benzene rings is 3. The third-order valence-corrected chi connectivity index (χ3v) is 7.32. The summed E-state index contributed by atoms with van der Waals surface area (Å²) in [7, 11) is 0. The summed E-state index contributed by atoms with van der Waals surface area (Å²) < 4.78 is 19.3. The van der Waals surface area contributed by atoms with E-state index in [-0.39, 0.29) is 43.4 Å². The number of hydrogen-bond donors (Lipinski definition) is 1. The Morgan fingerprint density at radius 1 is 0.907 bits per heavy atom. The van der Waals surface area contributed by atoms with Crippen molar-refractivity contribution in [1.82, 2.24) is 9.80 Å². The van der Waals surface area contributed by atoms with Gasteiger partial charge in [0.2, 0.25) is 5.91 Å². The summed E-state index contributed by atoms with van der Waals surface area (Å²) in [5.74, 6) is -0.449. The van der Waals surface area contributed by atoms with Crippen LogP contribution in [-0.2, 0) is 17.9 Å². The van der Waals surface area contributed by atoms with Crippen LogP contribution in [0.15, 0.2) is 94.9 Å². The molecule has 0 radical (unpaired) electrons. The standard InChI is InChI=1S/C35H38FN3O4/c1-6-18-38(35(42)37-33-28(23(2)3)11-9-12-29(33)24(4)5)21-32(40)39(19-25-14-16-27(36)17-15-25)20-26-22-43-31-13-8-7-10-30(31)34(26)41/h6-17,22-24H,1,18-21H2,2-5H3,(H,37,42). The molecule has 0 aliphatic rings. The summed E-state index contributed by atoms with van der Waals surface area (Å²) in [6, 6.07) is 18.3. The monoisotopic (exact) mass is 583 g/mol. The van der Waals surface area contributed by atoms with Gasteiger partial charge < -0.3 is 19.5 Å². The van der Waals surface area contributed by atoms with Crippen LogP contribution in [0, 0.1) is 5.82 Å². The van der Waals surface area contributed by atoms with Crippen LogP contribution in [0.2, 0.25) is 0 Å². The molecule has 0 aliphatic carbocycles. The van der Waals surface area contributed by atoms with Gasteiger partial charge in [-0.05, 0) is 52.8 Å². The molecule has 1 aromatic heterocycles. The molecular formula is C35H38FN3O4. The quantitative estimate of drug-likeness (QED) is 0.186. The molecular weight excluding hydrogens is 545 g/mol. The topological polar surface area (TPSA) is 82.9 Å². The Morgan fingerprint density at radius 2 is 1.56 bits per heavy atom. The zero-order chi connectivity index (χ0) is 31.1. The molecule has 0 bridgehead atoms. The molecule has 224 valence electrons. The Morgan fingerprint density at radius 3 is 2.19 bits per heavy atom. The number of nitrogens with zero attached hydrogens (tertiary/aromatic N) is 2. The van der Waals surface area contributed by atoms with Gasteiger partial charge in [0.25, 0.3) is 0 Å². The van der Waals surface area contributed by atoms with E-state index in [1.807, 2.05) is 18.2 Å². The predicted octanol–water partition coefficient (Wildman–Crippen LogP) is 7.43. The zero-order valence-corrected chi connectivity index (χ0v) is 25.1. The normalized spacial score (nSPS) is 11.1. The van der Waals surface area contributed by atoms with Crippen LogP contribution in [0.4, 0.5) is 14.9 Å². The Labute approximate surface area is 251 Å². The minimum atomic E-state index is -0.435. The van der Waals surface area contributed by atoms with E-state index in [0.717, 1.165) is 16.8 Å². The second-order valence-electron chi connectivity index (χ2n) is 11.2. The molecule has 8 heteroatoms. The van der Waals surface area contributed by atoms with Crippen molar-refractivity contribution in [2.24, 2.45) is 0 Å². The molecule has 4 aromatic rings. The number of urea groups is 1. The lowest BCUT2D eigenvalue weighted by atomic mass is 9.93. The van der Waals surface area contributed by atoms with Crippen molar-refractivity contribution in [2.75, 3.05) is 18.4 Å². The smallest absolute Gasteiger partial charge is 0.322 e. The molecule has 43 heavy (non-hydrogen) atoms. The molecule has 1 heterocycles. The maximum atomic E-state index is 13.8. The molecule has 0 fully saturated rings. The lowest BCUT2D eigenvalue weighted by Crippen LogP contribution is -2.44. The third-order valence-electron chi connectivity index (χ3n) is 7.32. The van der Waals surface area contributed by atoms with Crippen LogP contribution < -0.4 is 10.7 Å². The van der Waals surface area contributed by atoms with Crippen molar-refractivity contribution in [3.8, 4) is 0 Å². The summed E-state index contributed by atoms with van der Waals surface area (Å²) in [5.41, 5.74) is 3.93. The van der Waals surface area contributed by atoms with Crippen molar-refractivity contribution in [2.45, 2.75) is 52.6 Å². The first-order chi connectivity index (χ1) is 20.6. The van der Waals surface area contributed by atoms with E-state index >= 15 is 0 Å². The van der Waals surface area contributed by atoms with E-state index in [1.54, 1.807) is 42.5 Å². The third kappa shape index (κ3) is 7.57. The largest absolute Gasteiger partial charge is 0.464 e. The highest BCUT2D eigenvalue weighted by molar-refractivity contribution is 5.94. The number of amides is 3. The number of fused-ring (bicyclic) bond motifs is 1. The van der Waals surface area contributed by atoms with Crippen LogP contribution in [0.1, 0.15) is 61.8 Å². The van der Waals surface area contributed by atoms with Gasteiger partial charge >= 0.3 is 6.03 Å². The molecule has 4 rings (SSSR count). The predicted molar refractivity (Wildman–Crippen MR) is 169 cm³/mol. The molecule has 3 aromatic carbocycles. The maximum Gasteiger partial charge on any atom is 0.322 e. The van der Waals surface area contributed by atoms with Gasteiger partial charge in [-0.1, -0.05) is 76.2 Å². The number of para-hydroxylation sites is 2. The molecule has 0 atom stereocenters. The van der Waals surface area contributed by atoms with Crippen LogP contribution in [0.25, 0.3) is 11.0 Å². The van der Waals surface area contributed by atoms with Gasteiger partial charge in [-0.15, -0.1) is 6.58 Å². The average molecular weight is 584 g/mol. The lowest BCUT2D eigenvalue weighted by Gasteiger charge is -2.28. The molecule has 0 unspecified atom stereocenters. The number of anilines is 1. The van der Waals surface area contributed by atoms with E-state index in [9.17, 15) is 18.8 Å². The van der Waals surface area contributed by atoms with Gasteiger partial charge in [0.1, 0.15) is 17.9 Å². The Kier molecular flexibility index (Phi) is 10.1. The van der Waals surface area contributed by atoms with Gasteiger partial charge in [-0.3, -0.25) is 9.59 Å². The Hall–Kier alpha value is -4.72. The van der Waals surface area contributed by atoms with E-state index in [4.69, 9.17) is 4.42 Å². The van der Waals surface area contributed by atoms with Gasteiger partial charge in [-0.2, -0.15) is 0 Å². The summed E-state index contributed by atoms with van der Waals surface area (Å²) >= 11 is 0. The number of halogens is 1. The van der Waals surface area contributed by atoms with Gasteiger partial charge in [0.15, 0.2) is 5.43 Å². The van der Waals surface area contributed by atoms with E-state index in [0.29, 0.717) is 22.1 Å². The molecule has 0 spiro atoms. The summed E-state index contributed by atoms with van der Waals surface area (Å²) in [6.45, 7) is 12.0. The van der Waals surface area contributed by atoms with Crippen molar-refractivity contribution in [3.63, 3.8) is 0 Å². The first-order valence-corrected chi connectivity index (χ1v) is 14.4. The fourth-order valence-electron chi connectivity index (χ4n) is 4.99. The van der Waals surface area contributed by atoms with Crippen LogP contribution >= 0.6 is 0 Å². The molecule has 1 N–H and O–H groups in total. The summed E-state index contributed by atoms with van der Waals surface area (Å²) in [4.78, 5) is 43.6. The maximum absolute atomic E-state index is 13.8. The second kappa shape index (κ2) is 14.0. The van der Waals surface area contributed by atoms with Crippen LogP contribution in [0.5, 0.6) is 0 Å². The SMILES string of the molecule is C=CCN(CC(=O)N(Cc1ccc(F)cc1)Cc1coc2ccccc2c1=O)C(=O)Nc1c(C(C)C)cccc1C(C)C. The molecule has 0 saturated carbocycles. The molecule has 7 nitrogen and oxygen atoms in total. The number of carbonyl (C=O) groups excluding carboxylic acids is 2. The Bertz CT molecular complexity index is 1630. The van der Waals surface area contributed by atoms with E-state index < -0.39 is 17.8 Å². The molecule has 0 aliphatic heterocycles. The van der Waals surface area contributed by atoms with Crippen LogP contribution in [-0.4, -0.2) is 34.8 Å². The van der Waals surface area contributed by atoms with Crippen molar-refractivity contribution >= 4 is 28.6 Å². The van der Waals surface area contributed by atoms with Crippen molar-refractivity contribution in [1.29, 1.82) is 0 Å². The fraction of sp³-hybridized carbons (Fsp3) is 0.286. The average Bonchev–Trinajstić information content (AvgIpc) is 2.98. The van der Waals surface area contributed by atoms with Gasteiger partial charge in [0.05, 0.1) is 23.8 Å². The van der Waals surface area contributed by atoms with Gasteiger partial charge in [-0.25, -0.2) is 9.18 Å². The van der Waals surface area contributed by atoms with Gasteiger partial charge in [0, 0.05) is 18.8 Å². The summed E-state index contributed by atoms with van der Waals surface area (Å²) in [5, 5.41) is 3.48. The molecule has 3 amide bonds. The highest BCUT2D eigenvalue weighted by Crippen LogP contribution is 2.32. The zero-order valence-electron chi connectivity index (χ0n) is 25.1. The highest BCUT2D eigenvalue weighted by Gasteiger charge is 2.24. The minimum absolute atomic E-state index is 0.0550. The first-order valence-electron chi connectivity index (χ1n) is 14.4. The number of hydrogen-bond acceptors (Lipinski definition) is 4. The van der Waals surface area contributed by atoms with Crippen molar-refractivity contribution in [3.05, 3.63) is 124 Å². The fourth-order valence-corrected chi connectivity index (χ4v) is 4.99. The number of carbonyl (C=O) groups is 2. The van der Waals surface area contributed by atoms with Crippen molar-refractivity contribution < 1.29 is 18.4 Å². The second-order valence-corrected chi connectivity index (χ2v) is 11.2. The highest BCUT2D eigenvalue weighted by atomic mass is 19.1. The lowest BCUT2D eigenvalue weighted by molar-refractivity contribution is -0.133. The number of nitrogens with one attached hydrogen (secondary N) is 1. The Balaban J connectivity index is 1.63. The van der Waals surface area contributed by atoms with E-state index in [2.05, 4.69) is 39.6 Å². The number of rotatable bonds is 11. The minimum Gasteiger partial charge on any atom is -0.464 e. The van der Waals surface area contributed by atoms with Crippen LogP contribution in [0.3, 0.4) is 0 Å².